The zero-order valence-electron chi connectivity index (χ0n) is 11.1. The van der Waals surface area contributed by atoms with Gasteiger partial charge in [-0.3, -0.25) is 4.98 Å². The Kier molecular flexibility index (Phi) is 3.78. The summed E-state index contributed by atoms with van der Waals surface area (Å²) in [4.78, 5) is 6.28. The molecule has 2 aromatic rings. The second kappa shape index (κ2) is 5.50. The molecule has 0 aliphatic rings. The second-order valence-electron chi connectivity index (χ2n) is 4.55. The van der Waals surface area contributed by atoms with Crippen molar-refractivity contribution >= 4 is 17.8 Å². The lowest BCUT2D eigenvalue weighted by molar-refractivity contribution is 1.13. The molecule has 18 heavy (non-hydrogen) atoms. The number of nitrogens with zero attached hydrogens (tertiary/aromatic N) is 2. The first-order valence-corrected chi connectivity index (χ1v) is 6.03. The van der Waals surface area contributed by atoms with Gasteiger partial charge in [0.1, 0.15) is 0 Å². The maximum atomic E-state index is 4.19. The minimum absolute atomic E-state index is 1.04. The molecule has 0 amide bonds. The molecule has 0 radical (unpaired) electrons. The molecule has 1 aromatic heterocycles. The standard InChI is InChI=1S/C16H18N2/c1-13-12-15(10-11-17-13)5-4-14-6-8-16(9-7-14)18(2)3/h4-12H,1-3H3. The van der Waals surface area contributed by atoms with Crippen molar-refractivity contribution in [2.75, 3.05) is 19.0 Å². The fraction of sp³-hybridized carbons (Fsp3) is 0.188. The summed E-state index contributed by atoms with van der Waals surface area (Å²) < 4.78 is 0. The highest BCUT2D eigenvalue weighted by Gasteiger charge is 1.94. The van der Waals surface area contributed by atoms with Gasteiger partial charge in [-0.15, -0.1) is 0 Å². The first kappa shape index (κ1) is 12.4. The molecule has 0 saturated carbocycles. The normalized spacial score (nSPS) is 10.8. The molecule has 0 N–H and O–H groups in total. The Hall–Kier alpha value is -2.09. The molecule has 0 spiro atoms. The van der Waals surface area contributed by atoms with Crippen LogP contribution in [0.3, 0.4) is 0 Å². The van der Waals surface area contributed by atoms with Gasteiger partial charge >= 0.3 is 0 Å². The number of benzene rings is 1. The Morgan fingerprint density at radius 3 is 2.22 bits per heavy atom. The molecule has 2 rings (SSSR count). The minimum atomic E-state index is 1.04. The highest BCUT2D eigenvalue weighted by molar-refractivity contribution is 5.70. The highest BCUT2D eigenvalue weighted by atomic mass is 15.1. The van der Waals surface area contributed by atoms with E-state index in [9.17, 15) is 0 Å². The van der Waals surface area contributed by atoms with Gasteiger partial charge in [0, 0.05) is 31.7 Å². The molecule has 0 aliphatic heterocycles. The molecule has 2 nitrogen and oxygen atoms in total. The van der Waals surface area contributed by atoms with Gasteiger partial charge in [-0.1, -0.05) is 24.3 Å². The van der Waals surface area contributed by atoms with Gasteiger partial charge in [0.25, 0.3) is 0 Å². The summed E-state index contributed by atoms with van der Waals surface area (Å²) in [5.74, 6) is 0. The largest absolute Gasteiger partial charge is 0.378 e. The lowest BCUT2D eigenvalue weighted by Crippen LogP contribution is -2.07. The fourth-order valence-corrected chi connectivity index (χ4v) is 1.75. The van der Waals surface area contributed by atoms with Crippen LogP contribution >= 0.6 is 0 Å². The maximum absolute atomic E-state index is 4.19. The molecule has 0 aliphatic carbocycles. The van der Waals surface area contributed by atoms with Gasteiger partial charge in [0.05, 0.1) is 0 Å². The van der Waals surface area contributed by atoms with Crippen molar-refractivity contribution in [3.63, 3.8) is 0 Å². The van der Waals surface area contributed by atoms with Gasteiger partial charge < -0.3 is 4.90 Å². The minimum Gasteiger partial charge on any atom is -0.378 e. The van der Waals surface area contributed by atoms with E-state index in [-0.39, 0.29) is 0 Å². The molecule has 0 fully saturated rings. The van der Waals surface area contributed by atoms with E-state index >= 15 is 0 Å². The predicted octanol–water partition coefficient (Wildman–Crippen LogP) is 3.63. The van der Waals surface area contributed by atoms with Crippen LogP contribution in [0.25, 0.3) is 12.2 Å². The SMILES string of the molecule is Cc1cc(C=Cc2ccc(N(C)C)cc2)ccn1. The third-order valence-electron chi connectivity index (χ3n) is 2.80. The van der Waals surface area contributed by atoms with E-state index in [1.165, 1.54) is 16.8 Å². The van der Waals surface area contributed by atoms with E-state index in [0.717, 1.165) is 5.69 Å². The Balaban J connectivity index is 2.14. The first-order valence-electron chi connectivity index (χ1n) is 6.03. The van der Waals surface area contributed by atoms with Crippen LogP contribution in [0.4, 0.5) is 5.69 Å². The summed E-state index contributed by atoms with van der Waals surface area (Å²) >= 11 is 0. The number of anilines is 1. The van der Waals surface area contributed by atoms with Crippen molar-refractivity contribution < 1.29 is 0 Å². The number of hydrogen-bond acceptors (Lipinski definition) is 2. The van der Waals surface area contributed by atoms with Crippen LogP contribution in [0.15, 0.2) is 42.6 Å². The van der Waals surface area contributed by atoms with Crippen LogP contribution in [0, 0.1) is 6.92 Å². The maximum Gasteiger partial charge on any atom is 0.0378 e. The van der Waals surface area contributed by atoms with Crippen molar-refractivity contribution in [2.45, 2.75) is 6.92 Å². The van der Waals surface area contributed by atoms with E-state index in [0.29, 0.717) is 0 Å². The number of aromatic nitrogens is 1. The second-order valence-corrected chi connectivity index (χ2v) is 4.55. The molecule has 2 heteroatoms. The van der Waals surface area contributed by atoms with Crippen molar-refractivity contribution in [3.05, 3.63) is 59.4 Å². The third-order valence-corrected chi connectivity index (χ3v) is 2.80. The topological polar surface area (TPSA) is 16.1 Å². The van der Waals surface area contributed by atoms with Crippen LogP contribution in [0.5, 0.6) is 0 Å². The molecular weight excluding hydrogens is 220 g/mol. The zero-order valence-corrected chi connectivity index (χ0v) is 11.1. The van der Waals surface area contributed by atoms with Crippen molar-refractivity contribution in [3.8, 4) is 0 Å². The Morgan fingerprint density at radius 2 is 1.61 bits per heavy atom. The fourth-order valence-electron chi connectivity index (χ4n) is 1.75. The summed E-state index contributed by atoms with van der Waals surface area (Å²) in [5, 5.41) is 0. The molecule has 92 valence electrons. The summed E-state index contributed by atoms with van der Waals surface area (Å²) in [5.41, 5.74) is 4.64. The monoisotopic (exact) mass is 238 g/mol. The quantitative estimate of drug-likeness (QED) is 0.811. The molecule has 1 aromatic carbocycles. The van der Waals surface area contributed by atoms with Crippen molar-refractivity contribution in [2.24, 2.45) is 0 Å². The number of aryl methyl sites for hydroxylation is 1. The summed E-state index contributed by atoms with van der Waals surface area (Å²) in [6.45, 7) is 2.00. The lowest BCUT2D eigenvalue weighted by Gasteiger charge is -2.11. The van der Waals surface area contributed by atoms with E-state index in [4.69, 9.17) is 0 Å². The Bertz CT molecular complexity index is 539. The van der Waals surface area contributed by atoms with Gasteiger partial charge in [-0.05, 0) is 42.3 Å². The summed E-state index contributed by atoms with van der Waals surface area (Å²) in [6.07, 6.45) is 6.07. The summed E-state index contributed by atoms with van der Waals surface area (Å²) in [6, 6.07) is 12.6. The first-order chi connectivity index (χ1) is 8.65. The van der Waals surface area contributed by atoms with Crippen LogP contribution < -0.4 is 4.90 Å². The third kappa shape index (κ3) is 3.20. The molecule has 1 heterocycles. The van der Waals surface area contributed by atoms with E-state index in [1.54, 1.807) is 0 Å². The van der Waals surface area contributed by atoms with E-state index in [1.807, 2.05) is 33.3 Å². The average molecular weight is 238 g/mol. The number of rotatable bonds is 3. The lowest BCUT2D eigenvalue weighted by atomic mass is 10.1. The van der Waals surface area contributed by atoms with Crippen LogP contribution in [0.1, 0.15) is 16.8 Å². The van der Waals surface area contributed by atoms with Crippen molar-refractivity contribution in [1.29, 1.82) is 0 Å². The van der Waals surface area contributed by atoms with Gasteiger partial charge in [0.15, 0.2) is 0 Å². The van der Waals surface area contributed by atoms with E-state index in [2.05, 4.69) is 52.4 Å². The molecular formula is C16H18N2. The van der Waals surface area contributed by atoms with Gasteiger partial charge in [0.2, 0.25) is 0 Å². The molecule has 0 atom stereocenters. The van der Waals surface area contributed by atoms with E-state index < -0.39 is 0 Å². The number of hydrogen-bond donors (Lipinski definition) is 0. The average Bonchev–Trinajstić information content (AvgIpc) is 2.37. The van der Waals surface area contributed by atoms with Crippen LogP contribution in [-0.2, 0) is 0 Å². The van der Waals surface area contributed by atoms with Crippen LogP contribution in [0.2, 0.25) is 0 Å². The zero-order chi connectivity index (χ0) is 13.0. The molecule has 0 unspecified atom stereocenters. The number of pyridine rings is 1. The van der Waals surface area contributed by atoms with Crippen molar-refractivity contribution in [1.82, 2.24) is 4.98 Å². The van der Waals surface area contributed by atoms with Crippen LogP contribution in [-0.4, -0.2) is 19.1 Å². The van der Waals surface area contributed by atoms with Gasteiger partial charge in [-0.2, -0.15) is 0 Å². The highest BCUT2D eigenvalue weighted by Crippen LogP contribution is 2.14. The molecule has 0 bridgehead atoms. The predicted molar refractivity (Wildman–Crippen MR) is 78.7 cm³/mol. The molecule has 0 saturated heterocycles. The smallest absolute Gasteiger partial charge is 0.0378 e. The Morgan fingerprint density at radius 1 is 0.944 bits per heavy atom. The summed E-state index contributed by atoms with van der Waals surface area (Å²) in [7, 11) is 4.09. The van der Waals surface area contributed by atoms with Gasteiger partial charge in [-0.25, -0.2) is 0 Å². The Labute approximate surface area is 109 Å².